The fraction of sp³-hybridized carbons (Fsp3) is 0.357. The van der Waals surface area contributed by atoms with Gasteiger partial charge in [0.05, 0.1) is 17.2 Å². The van der Waals surface area contributed by atoms with Crippen LogP contribution in [0.15, 0.2) is 24.6 Å². The number of Topliss-reactive ketones (excluding diaryl/α,β-unsaturated/α-hetero) is 1. The van der Waals surface area contributed by atoms with Gasteiger partial charge in [0.1, 0.15) is 5.57 Å². The number of ketones is 1. The molecule has 0 amide bonds. The Morgan fingerprint density at radius 1 is 1.20 bits per heavy atom. The van der Waals surface area contributed by atoms with Crippen molar-refractivity contribution in [3.63, 3.8) is 0 Å². The third-order valence-electron chi connectivity index (χ3n) is 3.77. The number of nitrogens with zero attached hydrogens (tertiary/aromatic N) is 4. The monoisotopic (exact) mass is 382 g/mol. The number of rotatable bonds is 2. The maximum Gasteiger partial charge on any atom is 0.343 e. The number of aryl methyl sites for hydroxylation is 1. The van der Waals surface area contributed by atoms with E-state index in [1.54, 1.807) is 4.57 Å². The van der Waals surface area contributed by atoms with Gasteiger partial charge in [0.15, 0.2) is 22.1 Å². The van der Waals surface area contributed by atoms with Crippen LogP contribution >= 0.6 is 23.5 Å². The van der Waals surface area contributed by atoms with Gasteiger partial charge in [-0.25, -0.2) is 14.6 Å². The summed E-state index contributed by atoms with van der Waals surface area (Å²) in [4.78, 5) is 52.6. The fourth-order valence-electron chi connectivity index (χ4n) is 2.46. The van der Waals surface area contributed by atoms with Gasteiger partial charge < -0.3 is 9.30 Å². The first-order valence-corrected chi connectivity index (χ1v) is 8.88. The minimum Gasteiger partial charge on any atom is -0.465 e. The highest BCUT2D eigenvalue weighted by Gasteiger charge is 2.29. The largest absolute Gasteiger partial charge is 0.465 e. The minimum atomic E-state index is -0.713. The van der Waals surface area contributed by atoms with Crippen molar-refractivity contribution in [2.75, 3.05) is 7.11 Å². The fourth-order valence-corrected chi connectivity index (χ4v) is 4.92. The van der Waals surface area contributed by atoms with E-state index >= 15 is 0 Å². The van der Waals surface area contributed by atoms with Crippen molar-refractivity contribution in [1.82, 2.24) is 18.7 Å². The molecule has 132 valence electrons. The highest BCUT2D eigenvalue weighted by molar-refractivity contribution is 8.22. The summed E-state index contributed by atoms with van der Waals surface area (Å²) in [5.74, 6) is -0.833. The van der Waals surface area contributed by atoms with Crippen molar-refractivity contribution in [2.45, 2.75) is 18.0 Å². The predicted molar refractivity (Wildman–Crippen MR) is 93.4 cm³/mol. The number of aromatic nitrogens is 4. The average Bonchev–Trinajstić information content (AvgIpc) is 2.96. The van der Waals surface area contributed by atoms with E-state index in [1.807, 2.05) is 0 Å². The van der Waals surface area contributed by atoms with E-state index in [-0.39, 0.29) is 17.1 Å². The zero-order valence-electron chi connectivity index (χ0n) is 13.9. The molecule has 0 bridgehead atoms. The zero-order valence-corrected chi connectivity index (χ0v) is 15.5. The van der Waals surface area contributed by atoms with Crippen molar-refractivity contribution in [1.29, 1.82) is 0 Å². The lowest BCUT2D eigenvalue weighted by atomic mass is 10.2. The molecule has 11 heteroatoms. The number of esters is 1. The van der Waals surface area contributed by atoms with Gasteiger partial charge in [0.2, 0.25) is 0 Å². The van der Waals surface area contributed by atoms with E-state index in [9.17, 15) is 19.2 Å². The van der Waals surface area contributed by atoms with Crippen LogP contribution in [0.3, 0.4) is 0 Å². The number of imidazole rings is 1. The molecule has 1 aliphatic rings. The summed E-state index contributed by atoms with van der Waals surface area (Å²) >= 11 is 2.34. The van der Waals surface area contributed by atoms with E-state index in [0.29, 0.717) is 14.9 Å². The van der Waals surface area contributed by atoms with E-state index < -0.39 is 23.0 Å². The van der Waals surface area contributed by atoms with Crippen LogP contribution in [-0.2, 0) is 34.3 Å². The molecule has 0 unspecified atom stereocenters. The van der Waals surface area contributed by atoms with Crippen molar-refractivity contribution in [2.24, 2.45) is 14.1 Å². The molecule has 9 nitrogen and oxygen atoms in total. The zero-order chi connectivity index (χ0) is 18.5. The molecule has 0 N–H and O–H groups in total. The molecule has 0 atom stereocenters. The third-order valence-corrected chi connectivity index (χ3v) is 6.11. The van der Waals surface area contributed by atoms with Gasteiger partial charge in [0, 0.05) is 14.1 Å². The number of hydrogen-bond donors (Lipinski definition) is 0. The van der Waals surface area contributed by atoms with Crippen LogP contribution in [0.5, 0.6) is 0 Å². The van der Waals surface area contributed by atoms with E-state index in [2.05, 4.69) is 9.72 Å². The summed E-state index contributed by atoms with van der Waals surface area (Å²) in [6.07, 6.45) is 0. The summed E-state index contributed by atoms with van der Waals surface area (Å²) in [6, 6.07) is 0. The Balaban J connectivity index is 2.24. The topological polar surface area (TPSA) is 105 Å². The van der Waals surface area contributed by atoms with Gasteiger partial charge in [-0.15, -0.1) is 0 Å². The minimum absolute atomic E-state index is 0.0439. The Bertz CT molecular complexity index is 1080. The Morgan fingerprint density at radius 3 is 2.48 bits per heavy atom. The van der Waals surface area contributed by atoms with Crippen LogP contribution in [0.25, 0.3) is 11.2 Å². The number of thioether (sulfide) groups is 2. The lowest BCUT2D eigenvalue weighted by Crippen LogP contribution is -2.37. The predicted octanol–water partition coefficient (Wildman–Crippen LogP) is 0.204. The second-order valence-electron chi connectivity index (χ2n) is 5.29. The number of methoxy groups -OCH3 is 1. The Morgan fingerprint density at radius 2 is 1.88 bits per heavy atom. The lowest BCUT2D eigenvalue weighted by Gasteiger charge is -2.17. The molecule has 25 heavy (non-hydrogen) atoms. The standard InChI is InChI=1S/C14H14N4O5S2/c1-6(19)7(11(21)23-4)12-24-5-18-8-9(15-13(18)25-12)16(2)14(22)17(3)10(8)20/h5H2,1-4H3/b12-7-. The molecule has 0 saturated carbocycles. The molecule has 2 aromatic rings. The molecule has 0 fully saturated rings. The molecular formula is C14H14N4O5S2. The quantitative estimate of drug-likeness (QED) is 0.314. The summed E-state index contributed by atoms with van der Waals surface area (Å²) in [6.45, 7) is 1.29. The van der Waals surface area contributed by atoms with E-state index in [0.717, 1.165) is 16.3 Å². The molecule has 0 saturated heterocycles. The number of fused-ring (bicyclic) bond motifs is 3. The highest BCUT2D eigenvalue weighted by atomic mass is 32.2. The Hall–Kier alpha value is -2.27. The second kappa shape index (κ2) is 6.23. The number of hydrogen-bond acceptors (Lipinski definition) is 8. The maximum absolute atomic E-state index is 12.4. The van der Waals surface area contributed by atoms with Gasteiger partial charge in [-0.05, 0) is 18.7 Å². The highest BCUT2D eigenvalue weighted by Crippen LogP contribution is 2.43. The van der Waals surface area contributed by atoms with Crippen LogP contribution in [-0.4, -0.2) is 37.5 Å². The third kappa shape index (κ3) is 2.63. The van der Waals surface area contributed by atoms with Crippen molar-refractivity contribution >= 4 is 46.4 Å². The number of ether oxygens (including phenoxy) is 1. The molecule has 0 aromatic carbocycles. The van der Waals surface area contributed by atoms with Crippen LogP contribution in [0, 0.1) is 0 Å². The first-order valence-electron chi connectivity index (χ1n) is 7.08. The molecule has 0 aliphatic carbocycles. The molecule has 2 aromatic heterocycles. The summed E-state index contributed by atoms with van der Waals surface area (Å²) in [5, 5.41) is 0.435. The van der Waals surface area contributed by atoms with Crippen LogP contribution in [0.1, 0.15) is 6.92 Å². The SMILES string of the molecule is COC(=O)/C(C(C)=O)=C1/SCn2c(nc3c2c(=O)n(C)c(=O)n3C)S1. The lowest BCUT2D eigenvalue weighted by molar-refractivity contribution is -0.137. The van der Waals surface area contributed by atoms with Crippen LogP contribution in [0.2, 0.25) is 0 Å². The van der Waals surface area contributed by atoms with Crippen LogP contribution in [0.4, 0.5) is 0 Å². The van der Waals surface area contributed by atoms with Gasteiger partial charge >= 0.3 is 11.7 Å². The van der Waals surface area contributed by atoms with E-state index in [4.69, 9.17) is 0 Å². The summed E-state index contributed by atoms with van der Waals surface area (Å²) in [7, 11) is 4.15. The van der Waals surface area contributed by atoms with Crippen molar-refractivity contribution < 1.29 is 14.3 Å². The first kappa shape index (κ1) is 17.5. The molecule has 0 spiro atoms. The summed E-state index contributed by atoms with van der Waals surface area (Å²) < 4.78 is 9.12. The second-order valence-corrected chi connectivity index (χ2v) is 7.48. The van der Waals surface area contributed by atoms with Gasteiger partial charge in [0.25, 0.3) is 5.56 Å². The normalized spacial score (nSPS) is 15.8. The van der Waals surface area contributed by atoms with Gasteiger partial charge in [-0.1, -0.05) is 11.8 Å². The molecule has 1 aliphatic heterocycles. The van der Waals surface area contributed by atoms with Crippen molar-refractivity contribution in [3.8, 4) is 0 Å². The average molecular weight is 382 g/mol. The molecular weight excluding hydrogens is 368 g/mol. The molecule has 0 radical (unpaired) electrons. The van der Waals surface area contributed by atoms with Crippen LogP contribution < -0.4 is 11.2 Å². The Kier molecular flexibility index (Phi) is 4.37. The van der Waals surface area contributed by atoms with Gasteiger partial charge in [-0.3, -0.25) is 18.7 Å². The molecule has 3 heterocycles. The number of carbonyl (C=O) groups is 2. The van der Waals surface area contributed by atoms with Crippen molar-refractivity contribution in [3.05, 3.63) is 30.6 Å². The van der Waals surface area contributed by atoms with E-state index in [1.165, 1.54) is 44.5 Å². The smallest absolute Gasteiger partial charge is 0.343 e. The number of carbonyl (C=O) groups excluding carboxylic acids is 2. The van der Waals surface area contributed by atoms with Gasteiger partial charge in [-0.2, -0.15) is 0 Å². The maximum atomic E-state index is 12.4. The Labute approximate surface area is 149 Å². The molecule has 3 rings (SSSR count). The summed E-state index contributed by atoms with van der Waals surface area (Å²) in [5.41, 5.74) is -0.385. The first-order chi connectivity index (χ1) is 11.8.